The van der Waals surface area contributed by atoms with E-state index in [0.717, 1.165) is 24.0 Å². The third-order valence-corrected chi connectivity index (χ3v) is 2.53. The standard InChI is InChI=1S/C12H15N3O/c1-2-3-7-16-9-6-4-5-8-10(9)12(14)15-11(8)13/h4-6H,2-3,7H2,1H3,(H3,13,14,15). The van der Waals surface area contributed by atoms with Crippen molar-refractivity contribution >= 4 is 11.7 Å². The molecule has 3 N–H and O–H groups in total. The first-order valence-corrected chi connectivity index (χ1v) is 5.43. The van der Waals surface area contributed by atoms with E-state index in [1.807, 2.05) is 18.2 Å². The van der Waals surface area contributed by atoms with Crippen LogP contribution in [0.25, 0.3) is 0 Å². The third-order valence-electron chi connectivity index (χ3n) is 2.53. The minimum absolute atomic E-state index is 0.194. The van der Waals surface area contributed by atoms with Crippen LogP contribution in [0.4, 0.5) is 0 Å². The van der Waals surface area contributed by atoms with Crippen LogP contribution in [0.5, 0.6) is 5.75 Å². The molecule has 0 saturated heterocycles. The van der Waals surface area contributed by atoms with Crippen molar-refractivity contribution in [3.05, 3.63) is 29.3 Å². The van der Waals surface area contributed by atoms with Gasteiger partial charge in [0.2, 0.25) is 0 Å². The molecular weight excluding hydrogens is 202 g/mol. The SMILES string of the molecule is CCCCOc1cccc2c1C(=N)N=C2N. The van der Waals surface area contributed by atoms with E-state index < -0.39 is 0 Å². The van der Waals surface area contributed by atoms with Gasteiger partial charge in [-0.05, 0) is 12.5 Å². The number of unbranched alkanes of at least 4 members (excludes halogenated alkanes) is 1. The molecule has 1 aromatic carbocycles. The topological polar surface area (TPSA) is 71.5 Å². The highest BCUT2D eigenvalue weighted by atomic mass is 16.5. The number of hydrogen-bond acceptors (Lipinski definition) is 3. The average Bonchev–Trinajstić information content (AvgIpc) is 2.56. The number of fused-ring (bicyclic) bond motifs is 1. The summed E-state index contributed by atoms with van der Waals surface area (Å²) in [4.78, 5) is 3.94. The highest BCUT2D eigenvalue weighted by Gasteiger charge is 2.22. The summed E-state index contributed by atoms with van der Waals surface area (Å²) in [6.07, 6.45) is 2.10. The molecule has 0 spiro atoms. The Hall–Kier alpha value is -1.84. The second-order valence-corrected chi connectivity index (χ2v) is 3.73. The Morgan fingerprint density at radius 3 is 3.00 bits per heavy atom. The Bertz CT molecular complexity index is 452. The fourth-order valence-electron chi connectivity index (χ4n) is 1.67. The zero-order valence-electron chi connectivity index (χ0n) is 9.29. The smallest absolute Gasteiger partial charge is 0.158 e. The van der Waals surface area contributed by atoms with E-state index in [2.05, 4.69) is 11.9 Å². The second-order valence-electron chi connectivity index (χ2n) is 3.73. The molecule has 4 heteroatoms. The summed E-state index contributed by atoms with van der Waals surface area (Å²) in [7, 11) is 0. The molecule has 2 rings (SSSR count). The summed E-state index contributed by atoms with van der Waals surface area (Å²) in [6, 6.07) is 5.60. The van der Waals surface area contributed by atoms with E-state index in [9.17, 15) is 0 Å². The first kappa shape index (κ1) is 10.7. The highest BCUT2D eigenvalue weighted by Crippen LogP contribution is 2.27. The molecule has 0 aromatic heterocycles. The van der Waals surface area contributed by atoms with Gasteiger partial charge in [0.15, 0.2) is 5.84 Å². The average molecular weight is 217 g/mol. The van der Waals surface area contributed by atoms with Crippen LogP contribution in [0.15, 0.2) is 23.2 Å². The Kier molecular flexibility index (Phi) is 2.90. The number of nitrogens with two attached hydrogens (primary N) is 1. The summed E-state index contributed by atoms with van der Waals surface area (Å²) < 4.78 is 5.64. The van der Waals surface area contributed by atoms with E-state index in [1.165, 1.54) is 0 Å². The van der Waals surface area contributed by atoms with Crippen LogP contribution in [0.1, 0.15) is 30.9 Å². The minimum atomic E-state index is 0.194. The van der Waals surface area contributed by atoms with Crippen molar-refractivity contribution in [2.75, 3.05) is 6.61 Å². The van der Waals surface area contributed by atoms with Crippen molar-refractivity contribution in [1.82, 2.24) is 0 Å². The molecule has 0 saturated carbocycles. The van der Waals surface area contributed by atoms with Gasteiger partial charge >= 0.3 is 0 Å². The lowest BCUT2D eigenvalue weighted by atomic mass is 10.1. The van der Waals surface area contributed by atoms with Crippen molar-refractivity contribution in [2.45, 2.75) is 19.8 Å². The molecule has 1 aliphatic heterocycles. The van der Waals surface area contributed by atoms with Gasteiger partial charge in [-0.2, -0.15) is 0 Å². The normalized spacial score (nSPS) is 13.6. The second kappa shape index (κ2) is 4.35. The Balaban J connectivity index is 2.26. The van der Waals surface area contributed by atoms with Gasteiger partial charge in [0.1, 0.15) is 11.6 Å². The zero-order valence-corrected chi connectivity index (χ0v) is 9.29. The van der Waals surface area contributed by atoms with Gasteiger partial charge < -0.3 is 10.5 Å². The molecule has 0 aliphatic carbocycles. The molecule has 0 atom stereocenters. The molecule has 1 aromatic rings. The molecule has 0 unspecified atom stereocenters. The van der Waals surface area contributed by atoms with Gasteiger partial charge in [0.25, 0.3) is 0 Å². The molecule has 0 amide bonds. The molecule has 4 nitrogen and oxygen atoms in total. The first-order chi connectivity index (χ1) is 7.74. The molecule has 0 bridgehead atoms. The van der Waals surface area contributed by atoms with E-state index in [-0.39, 0.29) is 5.84 Å². The van der Waals surface area contributed by atoms with E-state index in [4.69, 9.17) is 15.9 Å². The number of ether oxygens (including phenoxy) is 1. The molecule has 0 radical (unpaired) electrons. The van der Waals surface area contributed by atoms with Crippen molar-refractivity contribution in [1.29, 1.82) is 5.41 Å². The molecule has 84 valence electrons. The Morgan fingerprint density at radius 1 is 1.44 bits per heavy atom. The van der Waals surface area contributed by atoms with Crippen molar-refractivity contribution in [3.8, 4) is 5.75 Å². The first-order valence-electron chi connectivity index (χ1n) is 5.43. The van der Waals surface area contributed by atoms with Crippen molar-refractivity contribution in [2.24, 2.45) is 10.7 Å². The largest absolute Gasteiger partial charge is 0.493 e. The van der Waals surface area contributed by atoms with E-state index >= 15 is 0 Å². The monoisotopic (exact) mass is 217 g/mol. The van der Waals surface area contributed by atoms with Crippen LogP contribution in [0.3, 0.4) is 0 Å². The number of aliphatic imine (C=N–C) groups is 1. The van der Waals surface area contributed by atoms with Gasteiger partial charge in [-0.25, -0.2) is 4.99 Å². The summed E-state index contributed by atoms with van der Waals surface area (Å²) in [5.41, 5.74) is 7.24. The molecule has 0 fully saturated rings. The van der Waals surface area contributed by atoms with Gasteiger partial charge in [-0.15, -0.1) is 0 Å². The lowest BCUT2D eigenvalue weighted by Gasteiger charge is -2.09. The lowest BCUT2D eigenvalue weighted by molar-refractivity contribution is 0.309. The van der Waals surface area contributed by atoms with Crippen LogP contribution in [0.2, 0.25) is 0 Å². The zero-order chi connectivity index (χ0) is 11.5. The molecule has 1 heterocycles. The predicted octanol–water partition coefficient (Wildman–Crippen LogP) is 1.91. The van der Waals surface area contributed by atoms with Crippen LogP contribution in [0, 0.1) is 5.41 Å². The van der Waals surface area contributed by atoms with Crippen molar-refractivity contribution < 1.29 is 4.74 Å². The van der Waals surface area contributed by atoms with Gasteiger partial charge in [0.05, 0.1) is 12.2 Å². The molecule has 1 aliphatic rings. The predicted molar refractivity (Wildman–Crippen MR) is 64.4 cm³/mol. The number of rotatable bonds is 4. The fourth-order valence-corrected chi connectivity index (χ4v) is 1.67. The van der Waals surface area contributed by atoms with Gasteiger partial charge in [0, 0.05) is 5.56 Å². The van der Waals surface area contributed by atoms with Crippen LogP contribution >= 0.6 is 0 Å². The highest BCUT2D eigenvalue weighted by molar-refractivity contribution is 6.22. The quantitative estimate of drug-likeness (QED) is 0.756. The summed E-state index contributed by atoms with van der Waals surface area (Å²) in [6.45, 7) is 2.78. The van der Waals surface area contributed by atoms with Gasteiger partial charge in [-0.3, -0.25) is 5.41 Å². The number of nitrogens with zero attached hydrogens (tertiary/aromatic N) is 1. The summed E-state index contributed by atoms with van der Waals surface area (Å²) in [5, 5.41) is 7.73. The number of amidine groups is 2. The van der Waals surface area contributed by atoms with Crippen LogP contribution in [-0.2, 0) is 0 Å². The maximum Gasteiger partial charge on any atom is 0.158 e. The maximum atomic E-state index is 7.73. The Morgan fingerprint density at radius 2 is 2.25 bits per heavy atom. The number of hydrogen-bond donors (Lipinski definition) is 2. The maximum absolute atomic E-state index is 7.73. The third kappa shape index (κ3) is 1.78. The van der Waals surface area contributed by atoms with Gasteiger partial charge in [-0.1, -0.05) is 25.5 Å². The Labute approximate surface area is 94.6 Å². The van der Waals surface area contributed by atoms with E-state index in [1.54, 1.807) is 0 Å². The summed E-state index contributed by atoms with van der Waals surface area (Å²) >= 11 is 0. The number of nitrogens with one attached hydrogen (secondary N) is 1. The van der Waals surface area contributed by atoms with Crippen molar-refractivity contribution in [3.63, 3.8) is 0 Å². The molecular formula is C12H15N3O. The minimum Gasteiger partial charge on any atom is -0.493 e. The van der Waals surface area contributed by atoms with Crippen LogP contribution in [-0.4, -0.2) is 18.3 Å². The summed E-state index contributed by atoms with van der Waals surface area (Å²) in [5.74, 6) is 1.31. The molecule has 16 heavy (non-hydrogen) atoms. The van der Waals surface area contributed by atoms with E-state index in [0.29, 0.717) is 18.2 Å². The fraction of sp³-hybridized carbons (Fsp3) is 0.333. The lowest BCUT2D eigenvalue weighted by Crippen LogP contribution is -2.10. The van der Waals surface area contributed by atoms with Crippen LogP contribution < -0.4 is 10.5 Å². The number of benzene rings is 1.